The standard InChI is InChI=1S/C20H29N5O/c21-9-12-25-20-17(7-4-10-22-20)19(23-25)16-8-11-24(14-16)18(26)13-15-5-2-1-3-6-15/h4,7,10,15-16H,1-3,5-6,8-9,11-14,21H2/t16-/m1/s1. The number of pyridine rings is 1. The summed E-state index contributed by atoms with van der Waals surface area (Å²) in [5.41, 5.74) is 7.70. The Hall–Kier alpha value is -1.95. The molecule has 26 heavy (non-hydrogen) atoms. The molecule has 0 unspecified atom stereocenters. The summed E-state index contributed by atoms with van der Waals surface area (Å²) in [6, 6.07) is 4.05. The van der Waals surface area contributed by atoms with Crippen LogP contribution < -0.4 is 5.73 Å². The maximum atomic E-state index is 12.7. The Bertz CT molecular complexity index is 765. The van der Waals surface area contributed by atoms with Gasteiger partial charge in [-0.15, -0.1) is 0 Å². The first-order chi connectivity index (χ1) is 12.8. The van der Waals surface area contributed by atoms with E-state index in [-0.39, 0.29) is 0 Å². The van der Waals surface area contributed by atoms with Crippen molar-refractivity contribution in [3.05, 3.63) is 24.0 Å². The Morgan fingerprint density at radius 2 is 2.08 bits per heavy atom. The molecule has 1 saturated carbocycles. The van der Waals surface area contributed by atoms with Crippen molar-refractivity contribution in [1.29, 1.82) is 0 Å². The molecule has 6 heteroatoms. The average molecular weight is 355 g/mol. The molecule has 6 nitrogen and oxygen atoms in total. The predicted molar refractivity (Wildman–Crippen MR) is 102 cm³/mol. The Morgan fingerprint density at radius 1 is 1.23 bits per heavy atom. The van der Waals surface area contributed by atoms with Crippen molar-refractivity contribution in [1.82, 2.24) is 19.7 Å². The molecule has 0 radical (unpaired) electrons. The van der Waals surface area contributed by atoms with Gasteiger partial charge in [-0.05, 0) is 37.3 Å². The highest BCUT2D eigenvalue weighted by atomic mass is 16.2. The van der Waals surface area contributed by atoms with Gasteiger partial charge in [0.05, 0.1) is 12.2 Å². The molecule has 1 saturated heterocycles. The van der Waals surface area contributed by atoms with E-state index in [1.165, 1.54) is 32.1 Å². The van der Waals surface area contributed by atoms with Crippen LogP contribution in [0.15, 0.2) is 18.3 Å². The van der Waals surface area contributed by atoms with E-state index in [0.717, 1.165) is 42.7 Å². The number of carbonyl (C=O) groups excluding carboxylic acids is 1. The lowest BCUT2D eigenvalue weighted by atomic mass is 9.87. The van der Waals surface area contributed by atoms with Crippen LogP contribution in [0.25, 0.3) is 11.0 Å². The van der Waals surface area contributed by atoms with Crippen LogP contribution in [0.1, 0.15) is 56.6 Å². The third-order valence-electron chi connectivity index (χ3n) is 5.99. The highest BCUT2D eigenvalue weighted by Crippen LogP contribution is 2.33. The van der Waals surface area contributed by atoms with Gasteiger partial charge in [-0.3, -0.25) is 4.79 Å². The fourth-order valence-electron chi connectivity index (χ4n) is 4.59. The van der Waals surface area contributed by atoms with Gasteiger partial charge in [-0.2, -0.15) is 5.10 Å². The van der Waals surface area contributed by atoms with E-state index in [4.69, 9.17) is 10.8 Å². The number of nitrogens with zero attached hydrogens (tertiary/aromatic N) is 4. The summed E-state index contributed by atoms with van der Waals surface area (Å²) < 4.78 is 1.91. The van der Waals surface area contributed by atoms with Crippen molar-refractivity contribution >= 4 is 16.9 Å². The Kier molecular flexibility index (Phi) is 5.20. The van der Waals surface area contributed by atoms with Gasteiger partial charge < -0.3 is 10.6 Å². The number of likely N-dealkylation sites (tertiary alicyclic amines) is 1. The maximum Gasteiger partial charge on any atom is 0.222 e. The summed E-state index contributed by atoms with van der Waals surface area (Å²) >= 11 is 0. The number of carbonyl (C=O) groups is 1. The van der Waals surface area contributed by atoms with E-state index in [1.54, 1.807) is 6.20 Å². The molecule has 4 rings (SSSR count). The number of aromatic nitrogens is 3. The molecule has 1 atom stereocenters. The van der Waals surface area contributed by atoms with Crippen LogP contribution in [0.3, 0.4) is 0 Å². The van der Waals surface area contributed by atoms with E-state index in [1.807, 2.05) is 10.7 Å². The lowest BCUT2D eigenvalue weighted by Gasteiger charge is -2.24. The quantitative estimate of drug-likeness (QED) is 0.894. The van der Waals surface area contributed by atoms with Gasteiger partial charge in [-0.25, -0.2) is 9.67 Å². The van der Waals surface area contributed by atoms with Gasteiger partial charge in [0.25, 0.3) is 0 Å². The lowest BCUT2D eigenvalue weighted by Crippen LogP contribution is -2.30. The topological polar surface area (TPSA) is 77.0 Å². The molecular weight excluding hydrogens is 326 g/mol. The molecule has 140 valence electrons. The summed E-state index contributed by atoms with van der Waals surface area (Å²) in [6.07, 6.45) is 9.89. The van der Waals surface area contributed by atoms with Gasteiger partial charge in [0.15, 0.2) is 5.65 Å². The van der Waals surface area contributed by atoms with Gasteiger partial charge >= 0.3 is 0 Å². The number of rotatable bonds is 5. The average Bonchev–Trinajstić information content (AvgIpc) is 3.28. The molecule has 2 N–H and O–H groups in total. The first-order valence-electron chi connectivity index (χ1n) is 10.1. The van der Waals surface area contributed by atoms with Crippen LogP contribution in [-0.4, -0.2) is 45.2 Å². The molecule has 2 fully saturated rings. The van der Waals surface area contributed by atoms with Crippen LogP contribution in [0.4, 0.5) is 0 Å². The number of amides is 1. The highest BCUT2D eigenvalue weighted by Gasteiger charge is 2.31. The second-order valence-corrected chi connectivity index (χ2v) is 7.81. The van der Waals surface area contributed by atoms with E-state index in [9.17, 15) is 4.79 Å². The van der Waals surface area contributed by atoms with Crippen molar-refractivity contribution in [3.63, 3.8) is 0 Å². The van der Waals surface area contributed by atoms with E-state index < -0.39 is 0 Å². The number of fused-ring (bicyclic) bond motifs is 1. The first kappa shape index (κ1) is 17.5. The smallest absolute Gasteiger partial charge is 0.222 e. The molecule has 2 aromatic heterocycles. The fraction of sp³-hybridized carbons (Fsp3) is 0.650. The van der Waals surface area contributed by atoms with Crippen LogP contribution in [0.2, 0.25) is 0 Å². The Balaban J connectivity index is 1.46. The van der Waals surface area contributed by atoms with Crippen molar-refractivity contribution in [2.24, 2.45) is 11.7 Å². The predicted octanol–water partition coefficient (Wildman–Crippen LogP) is 2.68. The number of hydrogen-bond donors (Lipinski definition) is 1. The lowest BCUT2D eigenvalue weighted by molar-refractivity contribution is -0.131. The maximum absolute atomic E-state index is 12.7. The summed E-state index contributed by atoms with van der Waals surface area (Å²) in [5.74, 6) is 1.24. The summed E-state index contributed by atoms with van der Waals surface area (Å²) in [7, 11) is 0. The third kappa shape index (κ3) is 3.47. The minimum atomic E-state index is 0.302. The molecule has 2 aromatic rings. The van der Waals surface area contributed by atoms with E-state index >= 15 is 0 Å². The Morgan fingerprint density at radius 3 is 2.88 bits per heavy atom. The zero-order valence-electron chi connectivity index (χ0n) is 15.4. The van der Waals surface area contributed by atoms with Crippen molar-refractivity contribution in [3.8, 4) is 0 Å². The van der Waals surface area contributed by atoms with E-state index in [2.05, 4.69) is 16.0 Å². The molecule has 3 heterocycles. The van der Waals surface area contributed by atoms with Crippen LogP contribution in [0, 0.1) is 5.92 Å². The summed E-state index contributed by atoms with van der Waals surface area (Å²) in [6.45, 7) is 2.85. The van der Waals surface area contributed by atoms with Crippen molar-refractivity contribution < 1.29 is 4.79 Å². The zero-order chi connectivity index (χ0) is 17.9. The minimum absolute atomic E-state index is 0.302. The van der Waals surface area contributed by atoms with Crippen LogP contribution in [-0.2, 0) is 11.3 Å². The zero-order valence-corrected chi connectivity index (χ0v) is 15.4. The molecule has 1 aliphatic carbocycles. The fourth-order valence-corrected chi connectivity index (χ4v) is 4.59. The minimum Gasteiger partial charge on any atom is -0.342 e. The summed E-state index contributed by atoms with van der Waals surface area (Å²) in [5, 5.41) is 5.91. The SMILES string of the molecule is NCCn1nc([C@@H]2CCN(C(=O)CC3CCCCC3)C2)c2cccnc21. The molecule has 1 aliphatic heterocycles. The van der Waals surface area contributed by atoms with Crippen LogP contribution >= 0.6 is 0 Å². The number of hydrogen-bond acceptors (Lipinski definition) is 4. The van der Waals surface area contributed by atoms with Crippen LogP contribution in [0.5, 0.6) is 0 Å². The molecule has 1 amide bonds. The monoisotopic (exact) mass is 355 g/mol. The van der Waals surface area contributed by atoms with E-state index in [0.29, 0.717) is 30.8 Å². The van der Waals surface area contributed by atoms with Crippen molar-refractivity contribution in [2.75, 3.05) is 19.6 Å². The van der Waals surface area contributed by atoms with Gasteiger partial charge in [0, 0.05) is 43.6 Å². The molecule has 0 aromatic carbocycles. The largest absolute Gasteiger partial charge is 0.342 e. The van der Waals surface area contributed by atoms with Gasteiger partial charge in [0.1, 0.15) is 0 Å². The molecule has 0 spiro atoms. The highest BCUT2D eigenvalue weighted by molar-refractivity contribution is 5.80. The Labute approximate surface area is 154 Å². The normalized spacial score (nSPS) is 21.6. The molecular formula is C20H29N5O. The molecule has 2 aliphatic rings. The number of nitrogens with two attached hydrogens (primary N) is 1. The van der Waals surface area contributed by atoms with Gasteiger partial charge in [0.2, 0.25) is 5.91 Å². The summed E-state index contributed by atoms with van der Waals surface area (Å²) in [4.78, 5) is 19.3. The van der Waals surface area contributed by atoms with Gasteiger partial charge in [-0.1, -0.05) is 19.3 Å². The third-order valence-corrected chi connectivity index (χ3v) is 5.99. The van der Waals surface area contributed by atoms with Crippen molar-refractivity contribution in [2.45, 2.75) is 57.4 Å². The second kappa shape index (κ2) is 7.74. The molecule has 0 bridgehead atoms. The first-order valence-corrected chi connectivity index (χ1v) is 10.1. The second-order valence-electron chi connectivity index (χ2n) is 7.81.